The minimum Gasteiger partial charge on any atom is -0.484 e. The molecule has 0 saturated heterocycles. The first-order valence-corrected chi connectivity index (χ1v) is 7.05. The number of alkyl halides is 3. The number of hydrogen-bond acceptors (Lipinski definition) is 4. The highest BCUT2D eigenvalue weighted by atomic mass is 19.4. The van der Waals surface area contributed by atoms with Crippen LogP contribution in [0.2, 0.25) is 0 Å². The lowest BCUT2D eigenvalue weighted by molar-refractivity contribution is -0.153. The van der Waals surface area contributed by atoms with Crippen LogP contribution in [-0.2, 0) is 11.3 Å². The van der Waals surface area contributed by atoms with Crippen molar-refractivity contribution in [3.05, 3.63) is 28.8 Å². The number of ether oxygens (including phenoxy) is 1. The van der Waals surface area contributed by atoms with E-state index in [0.717, 1.165) is 5.56 Å². The van der Waals surface area contributed by atoms with Gasteiger partial charge in [0.1, 0.15) is 5.75 Å². The van der Waals surface area contributed by atoms with Gasteiger partial charge in [-0.1, -0.05) is 12.1 Å². The van der Waals surface area contributed by atoms with Gasteiger partial charge in [-0.2, -0.15) is 13.2 Å². The largest absolute Gasteiger partial charge is 0.484 e. The molecular formula is C15H20F3N3O3. The Morgan fingerprint density at radius 2 is 1.79 bits per heavy atom. The van der Waals surface area contributed by atoms with Crippen LogP contribution in [0.25, 0.3) is 0 Å². The summed E-state index contributed by atoms with van der Waals surface area (Å²) in [6.45, 7) is 2.28. The minimum atomic E-state index is -4.40. The first-order valence-electron chi connectivity index (χ1n) is 7.05. The van der Waals surface area contributed by atoms with Gasteiger partial charge in [0.25, 0.3) is 0 Å². The van der Waals surface area contributed by atoms with Crippen molar-refractivity contribution in [3.8, 4) is 5.75 Å². The summed E-state index contributed by atoms with van der Waals surface area (Å²) in [5, 5.41) is 1.95. The molecule has 1 aromatic rings. The summed E-state index contributed by atoms with van der Waals surface area (Å²) in [7, 11) is 1.67. The number of urea groups is 1. The highest BCUT2D eigenvalue weighted by Crippen LogP contribution is 2.27. The fourth-order valence-electron chi connectivity index (χ4n) is 2.30. The number of primary amides is 1. The summed E-state index contributed by atoms with van der Waals surface area (Å²) < 4.78 is 41.6. The van der Waals surface area contributed by atoms with Crippen LogP contribution in [0, 0.1) is 13.8 Å². The summed E-state index contributed by atoms with van der Waals surface area (Å²) in [6, 6.07) is 2.47. The van der Waals surface area contributed by atoms with Crippen LogP contribution >= 0.6 is 0 Å². The van der Waals surface area contributed by atoms with Crippen LogP contribution in [-0.4, -0.2) is 43.2 Å². The van der Waals surface area contributed by atoms with Gasteiger partial charge in [0.2, 0.25) is 5.91 Å². The second kappa shape index (κ2) is 8.00. The van der Waals surface area contributed by atoms with E-state index >= 15 is 0 Å². The van der Waals surface area contributed by atoms with E-state index in [1.165, 1.54) is 0 Å². The second-order valence-electron chi connectivity index (χ2n) is 5.55. The first-order chi connectivity index (χ1) is 11.0. The van der Waals surface area contributed by atoms with Crippen molar-refractivity contribution in [2.24, 2.45) is 5.73 Å². The Morgan fingerprint density at radius 3 is 2.25 bits per heavy atom. The van der Waals surface area contributed by atoms with Crippen molar-refractivity contribution in [1.29, 1.82) is 0 Å². The van der Waals surface area contributed by atoms with Crippen molar-refractivity contribution in [2.45, 2.75) is 26.6 Å². The standard InChI is InChI=1S/C15H20F3N3O3/c1-9-4-11(6-21(3)7-12(22)20-14(19)23)5-10(2)13(9)24-8-15(16,17)18/h4-5H,6-8H2,1-3H3,(H3,19,20,22,23). The summed E-state index contributed by atoms with van der Waals surface area (Å²) >= 11 is 0. The first kappa shape index (κ1) is 19.8. The lowest BCUT2D eigenvalue weighted by Crippen LogP contribution is -2.41. The van der Waals surface area contributed by atoms with Gasteiger partial charge in [0, 0.05) is 6.54 Å². The molecule has 0 spiro atoms. The number of imide groups is 1. The molecule has 3 N–H and O–H groups in total. The van der Waals surface area contributed by atoms with E-state index in [1.807, 2.05) is 5.32 Å². The molecule has 0 bridgehead atoms. The van der Waals surface area contributed by atoms with Gasteiger partial charge in [0.05, 0.1) is 6.54 Å². The van der Waals surface area contributed by atoms with Crippen LogP contribution in [0.3, 0.4) is 0 Å². The molecule has 0 aliphatic carbocycles. The van der Waals surface area contributed by atoms with Crippen LogP contribution in [0.4, 0.5) is 18.0 Å². The number of nitrogens with two attached hydrogens (primary N) is 1. The molecule has 9 heteroatoms. The zero-order valence-electron chi connectivity index (χ0n) is 13.7. The zero-order chi connectivity index (χ0) is 18.5. The molecule has 0 aromatic heterocycles. The predicted octanol–water partition coefficient (Wildman–Crippen LogP) is 1.87. The monoisotopic (exact) mass is 347 g/mol. The van der Waals surface area contributed by atoms with E-state index < -0.39 is 24.7 Å². The van der Waals surface area contributed by atoms with Gasteiger partial charge in [0.15, 0.2) is 6.61 Å². The summed E-state index contributed by atoms with van der Waals surface area (Å²) in [5.41, 5.74) is 6.80. The topological polar surface area (TPSA) is 84.7 Å². The number of carbonyl (C=O) groups excluding carboxylic acids is 2. The third-order valence-electron chi connectivity index (χ3n) is 3.03. The normalized spacial score (nSPS) is 11.5. The van der Waals surface area contributed by atoms with Crippen LogP contribution in [0.1, 0.15) is 16.7 Å². The number of nitrogens with one attached hydrogen (secondary N) is 1. The Kier molecular flexibility index (Phi) is 6.59. The van der Waals surface area contributed by atoms with Gasteiger partial charge >= 0.3 is 12.2 Å². The Morgan fingerprint density at radius 1 is 1.25 bits per heavy atom. The van der Waals surface area contributed by atoms with Gasteiger partial charge in [-0.25, -0.2) is 4.79 Å². The van der Waals surface area contributed by atoms with E-state index in [4.69, 9.17) is 10.5 Å². The molecule has 3 amide bonds. The summed E-state index contributed by atoms with van der Waals surface area (Å²) in [5.74, 6) is -0.339. The molecule has 0 heterocycles. The molecular weight excluding hydrogens is 327 g/mol. The maximum absolute atomic E-state index is 12.3. The predicted molar refractivity (Wildman–Crippen MR) is 81.5 cm³/mol. The molecule has 0 radical (unpaired) electrons. The molecule has 6 nitrogen and oxygen atoms in total. The number of likely N-dealkylation sites (N-methyl/N-ethyl adjacent to an activating group) is 1. The maximum Gasteiger partial charge on any atom is 0.422 e. The molecule has 0 aliphatic heterocycles. The zero-order valence-corrected chi connectivity index (χ0v) is 13.7. The van der Waals surface area contributed by atoms with E-state index in [2.05, 4.69) is 0 Å². The fraction of sp³-hybridized carbons (Fsp3) is 0.467. The van der Waals surface area contributed by atoms with E-state index in [0.29, 0.717) is 17.7 Å². The van der Waals surface area contributed by atoms with Crippen molar-refractivity contribution < 1.29 is 27.5 Å². The maximum atomic E-state index is 12.3. The van der Waals surface area contributed by atoms with Crippen LogP contribution in [0.5, 0.6) is 5.75 Å². The Hall–Kier alpha value is -2.29. The average Bonchev–Trinajstić information content (AvgIpc) is 2.34. The van der Waals surface area contributed by atoms with E-state index in [1.54, 1.807) is 37.9 Å². The number of benzene rings is 1. The smallest absolute Gasteiger partial charge is 0.422 e. The Bertz CT molecular complexity index is 595. The number of carbonyl (C=O) groups is 2. The van der Waals surface area contributed by atoms with Crippen molar-refractivity contribution in [1.82, 2.24) is 10.2 Å². The highest BCUT2D eigenvalue weighted by Gasteiger charge is 2.29. The molecule has 0 aliphatic rings. The highest BCUT2D eigenvalue weighted by molar-refractivity contribution is 5.94. The second-order valence-corrected chi connectivity index (χ2v) is 5.55. The van der Waals surface area contributed by atoms with E-state index in [-0.39, 0.29) is 12.3 Å². The third kappa shape index (κ3) is 6.86. The average molecular weight is 347 g/mol. The number of halogens is 3. The van der Waals surface area contributed by atoms with Crippen molar-refractivity contribution in [3.63, 3.8) is 0 Å². The fourth-order valence-corrected chi connectivity index (χ4v) is 2.30. The minimum absolute atomic E-state index is 0.0483. The van der Waals surface area contributed by atoms with Gasteiger partial charge in [-0.3, -0.25) is 15.0 Å². The lowest BCUT2D eigenvalue weighted by atomic mass is 10.1. The number of rotatable bonds is 6. The van der Waals surface area contributed by atoms with Crippen molar-refractivity contribution in [2.75, 3.05) is 20.2 Å². The van der Waals surface area contributed by atoms with E-state index in [9.17, 15) is 22.8 Å². The van der Waals surface area contributed by atoms with Crippen molar-refractivity contribution >= 4 is 11.9 Å². The lowest BCUT2D eigenvalue weighted by Gasteiger charge is -2.19. The third-order valence-corrected chi connectivity index (χ3v) is 3.03. The van der Waals surface area contributed by atoms with Crippen LogP contribution < -0.4 is 15.8 Å². The molecule has 0 atom stereocenters. The quantitative estimate of drug-likeness (QED) is 0.823. The number of amides is 3. The van der Waals surface area contributed by atoms with Gasteiger partial charge in [-0.15, -0.1) is 0 Å². The van der Waals surface area contributed by atoms with Gasteiger partial charge < -0.3 is 10.5 Å². The Labute approximate surface area is 137 Å². The molecule has 1 rings (SSSR count). The summed E-state index contributed by atoms with van der Waals surface area (Å²) in [6.07, 6.45) is -4.40. The van der Waals surface area contributed by atoms with Crippen LogP contribution in [0.15, 0.2) is 12.1 Å². The summed E-state index contributed by atoms with van der Waals surface area (Å²) in [4.78, 5) is 23.7. The molecule has 1 aromatic carbocycles. The molecule has 24 heavy (non-hydrogen) atoms. The molecule has 0 unspecified atom stereocenters. The molecule has 0 fully saturated rings. The SMILES string of the molecule is Cc1cc(CN(C)CC(=O)NC(N)=O)cc(C)c1OCC(F)(F)F. The molecule has 0 saturated carbocycles. The number of hydrogen-bond donors (Lipinski definition) is 2. The molecule has 134 valence electrons. The number of nitrogens with zero attached hydrogens (tertiary/aromatic N) is 1. The Balaban J connectivity index is 2.74. The van der Waals surface area contributed by atoms with Gasteiger partial charge in [-0.05, 0) is 37.6 Å². The number of aryl methyl sites for hydroxylation is 2.